The van der Waals surface area contributed by atoms with Crippen molar-refractivity contribution in [3.05, 3.63) is 54.1 Å². The van der Waals surface area contributed by atoms with Crippen LogP contribution in [-0.2, 0) is 12.6 Å². The van der Waals surface area contributed by atoms with E-state index in [1.165, 1.54) is 19.4 Å². The molecular weight excluding hydrogens is 373 g/mol. The van der Waals surface area contributed by atoms with Gasteiger partial charge in [0.2, 0.25) is 5.60 Å². The van der Waals surface area contributed by atoms with Gasteiger partial charge >= 0.3 is 12.2 Å². The van der Waals surface area contributed by atoms with E-state index in [-0.39, 0.29) is 12.6 Å². The first-order valence-corrected chi connectivity index (χ1v) is 9.10. The summed E-state index contributed by atoms with van der Waals surface area (Å²) >= 11 is 0. The fourth-order valence-corrected chi connectivity index (χ4v) is 3.63. The Labute approximate surface area is 161 Å². The number of alkyl halides is 3. The van der Waals surface area contributed by atoms with E-state index in [1.54, 1.807) is 4.90 Å². The second kappa shape index (κ2) is 7.83. The molecule has 9 heteroatoms. The van der Waals surface area contributed by atoms with Gasteiger partial charge in [0.25, 0.3) is 0 Å². The Balaban J connectivity index is 1.66. The van der Waals surface area contributed by atoms with Crippen molar-refractivity contribution >= 4 is 6.03 Å². The number of hydrogen-bond acceptors (Lipinski definition) is 3. The lowest BCUT2D eigenvalue weighted by Gasteiger charge is -2.31. The first-order chi connectivity index (χ1) is 13.2. The maximum absolute atomic E-state index is 13.5. The van der Waals surface area contributed by atoms with Gasteiger partial charge in [-0.3, -0.25) is 0 Å². The monoisotopic (exact) mass is 396 g/mol. The SMILES string of the molecule is Cn1ccnc1C(O)(CCNC(=O)N1CCCC1c1ccccc1)C(F)(F)F. The molecule has 2 aromatic rings. The smallest absolute Gasteiger partial charge is 0.374 e. The Morgan fingerprint density at radius 1 is 1.32 bits per heavy atom. The van der Waals surface area contributed by atoms with Gasteiger partial charge in [-0.15, -0.1) is 0 Å². The van der Waals surface area contributed by atoms with E-state index in [2.05, 4.69) is 10.3 Å². The summed E-state index contributed by atoms with van der Waals surface area (Å²) in [5, 5.41) is 12.8. The predicted octanol–water partition coefficient (Wildman–Crippen LogP) is 3.11. The van der Waals surface area contributed by atoms with Crippen LogP contribution in [0.1, 0.15) is 36.7 Å². The predicted molar refractivity (Wildman–Crippen MR) is 96.3 cm³/mol. The van der Waals surface area contributed by atoms with Crippen molar-refractivity contribution in [1.29, 1.82) is 0 Å². The Hall–Kier alpha value is -2.55. The molecule has 0 saturated carbocycles. The highest BCUT2D eigenvalue weighted by Crippen LogP contribution is 2.40. The van der Waals surface area contributed by atoms with Gasteiger partial charge in [0.15, 0.2) is 0 Å². The number of hydrogen-bond donors (Lipinski definition) is 2. The lowest BCUT2D eigenvalue weighted by molar-refractivity contribution is -0.272. The fourth-order valence-electron chi connectivity index (χ4n) is 3.63. The molecule has 2 N–H and O–H groups in total. The summed E-state index contributed by atoms with van der Waals surface area (Å²) in [7, 11) is 1.38. The molecular formula is C19H23F3N4O2. The van der Waals surface area contributed by atoms with Crippen LogP contribution in [0.25, 0.3) is 0 Å². The van der Waals surface area contributed by atoms with E-state index in [0.29, 0.717) is 6.54 Å². The van der Waals surface area contributed by atoms with E-state index >= 15 is 0 Å². The maximum atomic E-state index is 13.5. The normalized spacial score (nSPS) is 19.5. The third kappa shape index (κ3) is 3.84. The molecule has 1 aliphatic rings. The van der Waals surface area contributed by atoms with Crippen LogP contribution >= 0.6 is 0 Å². The third-order valence-corrected chi connectivity index (χ3v) is 5.12. The standard InChI is InChI=1S/C19H23F3N4O2/c1-25-13-11-23-16(25)18(28,19(20,21)22)9-10-24-17(27)26-12-5-8-15(26)14-6-3-2-4-7-14/h2-4,6-7,11,13,15,28H,5,8-10,12H2,1H3,(H,24,27). The summed E-state index contributed by atoms with van der Waals surface area (Å²) < 4.78 is 41.7. The maximum Gasteiger partial charge on any atom is 0.424 e. The highest BCUT2D eigenvalue weighted by atomic mass is 19.4. The second-order valence-corrected chi connectivity index (χ2v) is 6.96. The Morgan fingerprint density at radius 2 is 2.04 bits per heavy atom. The first kappa shape index (κ1) is 20.2. The molecule has 2 unspecified atom stereocenters. The Bertz CT molecular complexity index is 809. The number of amides is 2. The van der Waals surface area contributed by atoms with Crippen LogP contribution in [0.2, 0.25) is 0 Å². The van der Waals surface area contributed by atoms with Gasteiger partial charge in [-0.25, -0.2) is 9.78 Å². The number of aliphatic hydroxyl groups is 1. The van der Waals surface area contributed by atoms with Gasteiger partial charge in [0, 0.05) is 39.0 Å². The zero-order valence-electron chi connectivity index (χ0n) is 15.5. The topological polar surface area (TPSA) is 70.4 Å². The summed E-state index contributed by atoms with van der Waals surface area (Å²) in [6.07, 6.45) is -1.49. The van der Waals surface area contributed by atoms with Crippen LogP contribution in [0.5, 0.6) is 0 Å². The minimum atomic E-state index is -4.92. The summed E-state index contributed by atoms with van der Waals surface area (Å²) in [4.78, 5) is 17.8. The summed E-state index contributed by atoms with van der Waals surface area (Å²) in [5.41, 5.74) is -2.14. The van der Waals surface area contributed by atoms with Gasteiger partial charge in [0.05, 0.1) is 6.04 Å². The number of benzene rings is 1. The van der Waals surface area contributed by atoms with E-state index in [4.69, 9.17) is 0 Å². The van der Waals surface area contributed by atoms with Crippen molar-refractivity contribution in [3.63, 3.8) is 0 Å². The average Bonchev–Trinajstić information content (AvgIpc) is 3.30. The van der Waals surface area contributed by atoms with E-state index in [9.17, 15) is 23.1 Å². The zero-order chi connectivity index (χ0) is 20.4. The quantitative estimate of drug-likeness (QED) is 0.816. The molecule has 0 aliphatic carbocycles. The van der Waals surface area contributed by atoms with Crippen molar-refractivity contribution < 1.29 is 23.1 Å². The van der Waals surface area contributed by atoms with Crippen molar-refractivity contribution in [2.24, 2.45) is 7.05 Å². The van der Waals surface area contributed by atoms with E-state index in [1.807, 2.05) is 30.3 Å². The molecule has 152 valence electrons. The summed E-state index contributed by atoms with van der Waals surface area (Å²) in [6.45, 7) is 0.202. The minimum absolute atomic E-state index is 0.0998. The number of aryl methyl sites for hydroxylation is 1. The molecule has 0 radical (unpaired) electrons. The molecule has 1 aromatic heterocycles. The number of nitrogens with one attached hydrogen (secondary N) is 1. The fraction of sp³-hybridized carbons (Fsp3) is 0.474. The van der Waals surface area contributed by atoms with Gasteiger partial charge in [0.1, 0.15) is 5.82 Å². The zero-order valence-corrected chi connectivity index (χ0v) is 15.5. The molecule has 1 fully saturated rings. The van der Waals surface area contributed by atoms with E-state index < -0.39 is 30.1 Å². The number of aromatic nitrogens is 2. The highest BCUT2D eigenvalue weighted by Gasteiger charge is 2.57. The van der Waals surface area contributed by atoms with Gasteiger partial charge < -0.3 is 19.9 Å². The van der Waals surface area contributed by atoms with Crippen LogP contribution in [0.15, 0.2) is 42.7 Å². The molecule has 1 aliphatic heterocycles. The van der Waals surface area contributed by atoms with Crippen LogP contribution < -0.4 is 5.32 Å². The Kier molecular flexibility index (Phi) is 5.64. The number of nitrogens with zero attached hydrogens (tertiary/aromatic N) is 3. The number of halogens is 3. The molecule has 28 heavy (non-hydrogen) atoms. The van der Waals surface area contributed by atoms with Crippen LogP contribution in [0, 0.1) is 0 Å². The lowest BCUT2D eigenvalue weighted by Crippen LogP contribution is -2.48. The van der Waals surface area contributed by atoms with Crippen molar-refractivity contribution in [2.45, 2.75) is 37.1 Å². The van der Waals surface area contributed by atoms with Crippen molar-refractivity contribution in [3.8, 4) is 0 Å². The van der Waals surface area contributed by atoms with Crippen LogP contribution in [0.4, 0.5) is 18.0 Å². The van der Waals surface area contributed by atoms with E-state index in [0.717, 1.165) is 23.0 Å². The third-order valence-electron chi connectivity index (χ3n) is 5.12. The Morgan fingerprint density at radius 3 is 2.64 bits per heavy atom. The molecule has 2 atom stereocenters. The second-order valence-electron chi connectivity index (χ2n) is 6.96. The van der Waals surface area contributed by atoms with Gasteiger partial charge in [-0.05, 0) is 18.4 Å². The number of urea groups is 1. The van der Waals surface area contributed by atoms with Crippen molar-refractivity contribution in [1.82, 2.24) is 19.8 Å². The van der Waals surface area contributed by atoms with Gasteiger partial charge in [-0.2, -0.15) is 13.2 Å². The molecule has 0 spiro atoms. The number of likely N-dealkylation sites (tertiary alicyclic amines) is 1. The molecule has 3 rings (SSSR count). The number of carbonyl (C=O) groups is 1. The number of carbonyl (C=O) groups excluding carboxylic acids is 1. The molecule has 2 amide bonds. The molecule has 6 nitrogen and oxygen atoms in total. The number of imidazole rings is 1. The largest absolute Gasteiger partial charge is 0.424 e. The first-order valence-electron chi connectivity index (χ1n) is 9.10. The average molecular weight is 396 g/mol. The molecule has 1 saturated heterocycles. The molecule has 2 heterocycles. The molecule has 1 aromatic carbocycles. The van der Waals surface area contributed by atoms with Crippen molar-refractivity contribution in [2.75, 3.05) is 13.1 Å². The highest BCUT2D eigenvalue weighted by molar-refractivity contribution is 5.75. The van der Waals surface area contributed by atoms with Gasteiger partial charge in [-0.1, -0.05) is 30.3 Å². The van der Waals surface area contributed by atoms with Crippen LogP contribution in [0.3, 0.4) is 0 Å². The molecule has 0 bridgehead atoms. The summed E-state index contributed by atoms with van der Waals surface area (Å²) in [5.74, 6) is -0.502. The lowest BCUT2D eigenvalue weighted by atomic mass is 9.97. The van der Waals surface area contributed by atoms with Crippen LogP contribution in [-0.4, -0.2) is 44.9 Å². The number of rotatable bonds is 5. The minimum Gasteiger partial charge on any atom is -0.374 e. The summed E-state index contributed by atoms with van der Waals surface area (Å²) in [6, 6.07) is 8.99.